The van der Waals surface area contributed by atoms with Crippen molar-refractivity contribution in [3.05, 3.63) is 26.9 Å². The summed E-state index contributed by atoms with van der Waals surface area (Å²) in [5, 5.41) is 7.69. The number of anilines is 2. The molecule has 0 saturated carbocycles. The van der Waals surface area contributed by atoms with E-state index in [9.17, 15) is 0 Å². The molecule has 5 nitrogen and oxygen atoms in total. The zero-order chi connectivity index (χ0) is 14.5. The van der Waals surface area contributed by atoms with Crippen molar-refractivity contribution in [3.63, 3.8) is 0 Å². The van der Waals surface area contributed by atoms with Gasteiger partial charge in [-0.1, -0.05) is 6.92 Å². The van der Waals surface area contributed by atoms with Gasteiger partial charge in [0.1, 0.15) is 27.4 Å². The highest BCUT2D eigenvalue weighted by Gasteiger charge is 2.14. The molecule has 108 valence electrons. The lowest BCUT2D eigenvalue weighted by Gasteiger charge is -2.15. The van der Waals surface area contributed by atoms with Gasteiger partial charge in [-0.3, -0.25) is 0 Å². The number of hydrogen-bond acceptors (Lipinski definition) is 6. The Hall–Kier alpha value is -1.21. The normalized spacial score (nSPS) is 12.2. The maximum absolute atomic E-state index is 4.40. The minimum absolute atomic E-state index is 0.110. The van der Waals surface area contributed by atoms with Crippen molar-refractivity contribution in [1.82, 2.24) is 15.0 Å². The van der Waals surface area contributed by atoms with E-state index in [0.717, 1.165) is 34.1 Å². The van der Waals surface area contributed by atoms with Crippen LogP contribution in [-0.2, 0) is 0 Å². The predicted octanol–water partition coefficient (Wildman–Crippen LogP) is 4.00. The fraction of sp³-hybridized carbons (Fsp3) is 0.462. The molecule has 1 atom stereocenters. The summed E-state index contributed by atoms with van der Waals surface area (Å²) in [5.41, 5.74) is 0. The van der Waals surface area contributed by atoms with E-state index in [-0.39, 0.29) is 6.04 Å². The van der Waals surface area contributed by atoms with Crippen LogP contribution in [0.1, 0.15) is 36.2 Å². The molecule has 7 heteroatoms. The first-order valence-electron chi connectivity index (χ1n) is 6.55. The summed E-state index contributed by atoms with van der Waals surface area (Å²) in [7, 11) is 0. The van der Waals surface area contributed by atoms with Crippen LogP contribution in [0.5, 0.6) is 0 Å². The second kappa shape index (κ2) is 6.99. The molecular weight excluding hydrogens is 338 g/mol. The molecule has 0 radical (unpaired) electrons. The fourth-order valence-electron chi connectivity index (χ4n) is 1.68. The smallest absolute Gasteiger partial charge is 0.146 e. The fourth-order valence-corrected chi connectivity index (χ4v) is 2.91. The molecule has 0 fully saturated rings. The lowest BCUT2D eigenvalue weighted by Crippen LogP contribution is -2.10. The zero-order valence-electron chi connectivity index (χ0n) is 11.8. The second-order valence-corrected chi connectivity index (χ2v) is 6.55. The molecule has 2 N–H and O–H groups in total. The average Bonchev–Trinajstić information content (AvgIpc) is 2.86. The molecule has 0 bridgehead atoms. The van der Waals surface area contributed by atoms with E-state index in [1.165, 1.54) is 4.88 Å². The predicted molar refractivity (Wildman–Crippen MR) is 87.4 cm³/mol. The highest BCUT2D eigenvalue weighted by Crippen LogP contribution is 2.30. The third kappa shape index (κ3) is 3.67. The van der Waals surface area contributed by atoms with E-state index >= 15 is 0 Å². The molecule has 2 aromatic heterocycles. The van der Waals surface area contributed by atoms with Crippen LogP contribution in [0, 0.1) is 6.92 Å². The molecule has 0 aromatic carbocycles. The Morgan fingerprint density at radius 3 is 2.70 bits per heavy atom. The van der Waals surface area contributed by atoms with E-state index < -0.39 is 0 Å². The van der Waals surface area contributed by atoms with Gasteiger partial charge in [-0.15, -0.1) is 11.3 Å². The van der Waals surface area contributed by atoms with Crippen LogP contribution in [0.3, 0.4) is 0 Å². The van der Waals surface area contributed by atoms with E-state index in [1.54, 1.807) is 17.7 Å². The van der Waals surface area contributed by atoms with Gasteiger partial charge >= 0.3 is 0 Å². The number of halogens is 1. The van der Waals surface area contributed by atoms with Crippen LogP contribution in [0.2, 0.25) is 0 Å². The molecule has 0 amide bonds. The van der Waals surface area contributed by atoms with Crippen LogP contribution in [0.15, 0.2) is 17.0 Å². The summed E-state index contributed by atoms with van der Waals surface area (Å²) in [4.78, 5) is 14.1. The number of hydrogen-bond donors (Lipinski definition) is 2. The summed E-state index contributed by atoms with van der Waals surface area (Å²) < 4.78 is 0.855. The maximum atomic E-state index is 4.40. The van der Waals surface area contributed by atoms with Crippen molar-refractivity contribution >= 4 is 38.9 Å². The Morgan fingerprint density at radius 2 is 2.05 bits per heavy atom. The number of nitrogens with zero attached hydrogens (tertiary/aromatic N) is 3. The summed E-state index contributed by atoms with van der Waals surface area (Å²) in [6, 6.07) is 0.110. The molecule has 2 aromatic rings. The first-order valence-corrected chi connectivity index (χ1v) is 8.16. The molecule has 20 heavy (non-hydrogen) atoms. The van der Waals surface area contributed by atoms with Crippen molar-refractivity contribution in [2.45, 2.75) is 33.2 Å². The van der Waals surface area contributed by atoms with E-state index in [4.69, 9.17) is 0 Å². The quantitative estimate of drug-likeness (QED) is 0.819. The molecule has 0 spiro atoms. The minimum Gasteiger partial charge on any atom is -0.369 e. The molecule has 2 rings (SSSR count). The van der Waals surface area contributed by atoms with E-state index in [2.05, 4.69) is 62.3 Å². The van der Waals surface area contributed by atoms with Crippen LogP contribution in [-0.4, -0.2) is 21.5 Å². The molecular formula is C13H18BrN5S. The summed E-state index contributed by atoms with van der Waals surface area (Å²) in [5.74, 6) is 1.59. The van der Waals surface area contributed by atoms with Crippen LogP contribution >= 0.6 is 27.3 Å². The summed E-state index contributed by atoms with van der Waals surface area (Å²) in [6.07, 6.45) is 4.50. The third-order valence-corrected chi connectivity index (χ3v) is 4.54. The van der Waals surface area contributed by atoms with Gasteiger partial charge in [0, 0.05) is 17.6 Å². The van der Waals surface area contributed by atoms with Crippen LogP contribution < -0.4 is 10.6 Å². The lowest BCUT2D eigenvalue weighted by molar-refractivity contribution is 0.855. The average molecular weight is 356 g/mol. The van der Waals surface area contributed by atoms with Gasteiger partial charge in [0.05, 0.1) is 6.04 Å². The molecule has 2 heterocycles. The Kier molecular flexibility index (Phi) is 5.31. The van der Waals surface area contributed by atoms with Crippen molar-refractivity contribution < 1.29 is 0 Å². The zero-order valence-corrected chi connectivity index (χ0v) is 14.2. The van der Waals surface area contributed by atoms with Gasteiger partial charge in [-0.05, 0) is 36.2 Å². The van der Waals surface area contributed by atoms with Crippen molar-refractivity contribution in [2.24, 2.45) is 0 Å². The minimum atomic E-state index is 0.110. The van der Waals surface area contributed by atoms with Gasteiger partial charge < -0.3 is 10.6 Å². The van der Waals surface area contributed by atoms with Crippen molar-refractivity contribution in [2.75, 3.05) is 17.2 Å². The van der Waals surface area contributed by atoms with Crippen LogP contribution in [0.25, 0.3) is 0 Å². The number of aryl methyl sites for hydroxylation is 1. The van der Waals surface area contributed by atoms with Gasteiger partial charge in [-0.25, -0.2) is 15.0 Å². The SMILES string of the molecule is CCCNc1ncnc(NC(C)c2ncc(C)s2)c1Br. The monoisotopic (exact) mass is 355 g/mol. The second-order valence-electron chi connectivity index (χ2n) is 4.49. The third-order valence-electron chi connectivity index (χ3n) is 2.69. The summed E-state index contributed by atoms with van der Waals surface area (Å²) in [6.45, 7) is 7.14. The number of aromatic nitrogens is 3. The molecule has 0 aliphatic heterocycles. The Labute approximate surface area is 131 Å². The first kappa shape index (κ1) is 15.2. The van der Waals surface area contributed by atoms with E-state index in [1.807, 2.05) is 6.20 Å². The number of thiazole rings is 1. The van der Waals surface area contributed by atoms with E-state index in [0.29, 0.717) is 0 Å². The molecule has 0 aliphatic carbocycles. The summed E-state index contributed by atoms with van der Waals surface area (Å²) >= 11 is 5.24. The molecule has 0 aliphatic rings. The Morgan fingerprint density at radius 1 is 1.30 bits per heavy atom. The van der Waals surface area contributed by atoms with Gasteiger partial charge in [0.25, 0.3) is 0 Å². The topological polar surface area (TPSA) is 62.7 Å². The first-order chi connectivity index (χ1) is 9.61. The standard InChI is InChI=1S/C13H18BrN5S/c1-4-5-15-11-10(14)12(18-7-17-11)19-9(3)13-16-6-8(2)20-13/h6-7,9H,4-5H2,1-3H3,(H2,15,17,18,19). The lowest BCUT2D eigenvalue weighted by atomic mass is 10.3. The van der Waals surface area contributed by atoms with Gasteiger partial charge in [-0.2, -0.15) is 0 Å². The number of nitrogens with one attached hydrogen (secondary N) is 2. The Bertz CT molecular complexity index is 572. The van der Waals surface area contributed by atoms with Crippen molar-refractivity contribution in [1.29, 1.82) is 0 Å². The highest BCUT2D eigenvalue weighted by molar-refractivity contribution is 9.10. The van der Waals surface area contributed by atoms with Crippen molar-refractivity contribution in [3.8, 4) is 0 Å². The largest absolute Gasteiger partial charge is 0.369 e. The molecule has 1 unspecified atom stereocenters. The van der Waals surface area contributed by atoms with Gasteiger partial charge in [0.15, 0.2) is 0 Å². The number of rotatable bonds is 6. The highest BCUT2D eigenvalue weighted by atomic mass is 79.9. The maximum Gasteiger partial charge on any atom is 0.146 e. The Balaban J connectivity index is 2.12. The van der Waals surface area contributed by atoms with Gasteiger partial charge in [0.2, 0.25) is 0 Å². The van der Waals surface area contributed by atoms with Crippen LogP contribution in [0.4, 0.5) is 11.6 Å². The molecule has 0 saturated heterocycles.